The normalized spacial score (nSPS) is 11.2. The highest BCUT2D eigenvalue weighted by atomic mass is 32.2. The molecule has 0 saturated heterocycles. The standard InChI is InChI=1S/C21H18F3N3O2S/c1-13-11-19(30-12-18(28)26-16-5-3-4-6-17(16)29-2)27-20(25-13)14-7-9-15(10-8-14)21(22,23)24/h3-11H,12H2,1-2H3,(H,26,28). The zero-order valence-corrected chi connectivity index (χ0v) is 17.0. The van der Waals surface area contributed by atoms with E-state index in [0.717, 1.165) is 12.1 Å². The molecule has 1 N–H and O–H groups in total. The summed E-state index contributed by atoms with van der Waals surface area (Å²) in [5.41, 5.74) is 0.941. The summed E-state index contributed by atoms with van der Waals surface area (Å²) in [6.45, 7) is 1.76. The molecule has 2 aromatic carbocycles. The van der Waals surface area contributed by atoms with Crippen LogP contribution in [0.25, 0.3) is 11.4 Å². The maximum absolute atomic E-state index is 12.7. The van der Waals surface area contributed by atoms with Crippen LogP contribution in [0.5, 0.6) is 5.75 Å². The number of para-hydroxylation sites is 2. The summed E-state index contributed by atoms with van der Waals surface area (Å²) in [4.78, 5) is 21.0. The molecule has 0 aliphatic heterocycles. The van der Waals surface area contributed by atoms with Crippen LogP contribution in [0.1, 0.15) is 11.3 Å². The van der Waals surface area contributed by atoms with Gasteiger partial charge in [0.05, 0.1) is 24.1 Å². The fourth-order valence-corrected chi connectivity index (χ4v) is 3.38. The van der Waals surface area contributed by atoms with Crippen LogP contribution in [0, 0.1) is 6.92 Å². The predicted octanol–water partition coefficient (Wildman–Crippen LogP) is 5.21. The van der Waals surface area contributed by atoms with Crippen LogP contribution in [0.3, 0.4) is 0 Å². The molecule has 0 bridgehead atoms. The molecule has 0 fully saturated rings. The van der Waals surface area contributed by atoms with Gasteiger partial charge in [0.15, 0.2) is 5.82 Å². The maximum atomic E-state index is 12.7. The van der Waals surface area contributed by atoms with E-state index in [-0.39, 0.29) is 11.7 Å². The zero-order valence-electron chi connectivity index (χ0n) is 16.2. The van der Waals surface area contributed by atoms with Gasteiger partial charge in [-0.1, -0.05) is 36.0 Å². The number of hydrogen-bond acceptors (Lipinski definition) is 5. The summed E-state index contributed by atoms with van der Waals surface area (Å²) >= 11 is 1.21. The number of benzene rings is 2. The van der Waals surface area contributed by atoms with E-state index >= 15 is 0 Å². The summed E-state index contributed by atoms with van der Waals surface area (Å²) in [6, 6.07) is 13.4. The van der Waals surface area contributed by atoms with Gasteiger partial charge < -0.3 is 10.1 Å². The summed E-state index contributed by atoms with van der Waals surface area (Å²) < 4.78 is 43.5. The van der Waals surface area contributed by atoms with E-state index < -0.39 is 11.7 Å². The maximum Gasteiger partial charge on any atom is 0.416 e. The number of rotatable bonds is 6. The summed E-state index contributed by atoms with van der Waals surface area (Å²) in [6.07, 6.45) is -4.40. The van der Waals surface area contributed by atoms with Crippen molar-refractivity contribution in [1.82, 2.24) is 9.97 Å². The number of carbonyl (C=O) groups is 1. The molecule has 1 amide bonds. The number of thioether (sulfide) groups is 1. The van der Waals surface area contributed by atoms with Crippen molar-refractivity contribution in [2.45, 2.75) is 18.1 Å². The average Bonchev–Trinajstić information content (AvgIpc) is 2.72. The number of ether oxygens (including phenoxy) is 1. The Morgan fingerprint density at radius 2 is 1.80 bits per heavy atom. The number of methoxy groups -OCH3 is 1. The molecule has 0 radical (unpaired) electrons. The van der Waals surface area contributed by atoms with Crippen molar-refractivity contribution in [2.24, 2.45) is 0 Å². The van der Waals surface area contributed by atoms with Crippen molar-refractivity contribution in [3.8, 4) is 17.1 Å². The van der Waals surface area contributed by atoms with E-state index in [2.05, 4.69) is 15.3 Å². The number of nitrogens with zero attached hydrogens (tertiary/aromatic N) is 2. The minimum atomic E-state index is -4.40. The number of amides is 1. The SMILES string of the molecule is COc1ccccc1NC(=O)CSc1cc(C)nc(-c2ccc(C(F)(F)F)cc2)n1. The van der Waals surface area contributed by atoms with E-state index in [1.165, 1.54) is 31.0 Å². The van der Waals surface area contributed by atoms with Gasteiger partial charge in [0.1, 0.15) is 10.8 Å². The van der Waals surface area contributed by atoms with Crippen LogP contribution in [0.2, 0.25) is 0 Å². The lowest BCUT2D eigenvalue weighted by Crippen LogP contribution is -2.14. The molecule has 1 heterocycles. The lowest BCUT2D eigenvalue weighted by atomic mass is 10.1. The fourth-order valence-electron chi connectivity index (χ4n) is 2.62. The molecule has 9 heteroatoms. The number of aryl methyl sites for hydroxylation is 1. The molecule has 0 unspecified atom stereocenters. The average molecular weight is 433 g/mol. The highest BCUT2D eigenvalue weighted by Crippen LogP contribution is 2.31. The third kappa shape index (κ3) is 5.50. The Morgan fingerprint density at radius 1 is 1.10 bits per heavy atom. The number of nitrogens with one attached hydrogen (secondary N) is 1. The molecule has 30 heavy (non-hydrogen) atoms. The van der Waals surface area contributed by atoms with Gasteiger partial charge in [0.25, 0.3) is 0 Å². The molecule has 156 valence electrons. The number of alkyl halides is 3. The van der Waals surface area contributed by atoms with E-state index in [0.29, 0.717) is 33.5 Å². The Morgan fingerprint density at radius 3 is 2.47 bits per heavy atom. The van der Waals surface area contributed by atoms with E-state index in [1.807, 2.05) is 0 Å². The molecule has 0 aliphatic rings. The van der Waals surface area contributed by atoms with Crippen LogP contribution < -0.4 is 10.1 Å². The number of anilines is 1. The van der Waals surface area contributed by atoms with E-state index in [1.54, 1.807) is 37.3 Å². The third-order valence-corrected chi connectivity index (χ3v) is 4.94. The predicted molar refractivity (Wildman–Crippen MR) is 110 cm³/mol. The molecule has 3 aromatic rings. The lowest BCUT2D eigenvalue weighted by Gasteiger charge is -2.10. The van der Waals surface area contributed by atoms with Gasteiger partial charge in [0.2, 0.25) is 5.91 Å². The van der Waals surface area contributed by atoms with Gasteiger partial charge in [-0.2, -0.15) is 13.2 Å². The van der Waals surface area contributed by atoms with Crippen molar-refractivity contribution < 1.29 is 22.7 Å². The minimum absolute atomic E-state index is 0.0982. The van der Waals surface area contributed by atoms with E-state index in [9.17, 15) is 18.0 Å². The second-order valence-electron chi connectivity index (χ2n) is 6.28. The van der Waals surface area contributed by atoms with Crippen molar-refractivity contribution in [1.29, 1.82) is 0 Å². The van der Waals surface area contributed by atoms with Gasteiger partial charge in [-0.15, -0.1) is 0 Å². The van der Waals surface area contributed by atoms with E-state index in [4.69, 9.17) is 4.74 Å². The topological polar surface area (TPSA) is 64.1 Å². The van der Waals surface area contributed by atoms with Crippen LogP contribution in [-0.4, -0.2) is 28.7 Å². The highest BCUT2D eigenvalue weighted by Gasteiger charge is 2.30. The Labute approximate surface area is 175 Å². The highest BCUT2D eigenvalue weighted by molar-refractivity contribution is 7.99. The van der Waals surface area contributed by atoms with Gasteiger partial charge in [-0.25, -0.2) is 9.97 Å². The van der Waals surface area contributed by atoms with Gasteiger partial charge in [0, 0.05) is 11.3 Å². The first-order valence-corrected chi connectivity index (χ1v) is 9.84. The largest absolute Gasteiger partial charge is 0.495 e. The van der Waals surface area contributed by atoms with Crippen molar-refractivity contribution in [3.05, 3.63) is 65.9 Å². The van der Waals surface area contributed by atoms with Crippen LogP contribution >= 0.6 is 11.8 Å². The number of carbonyl (C=O) groups excluding carboxylic acids is 1. The summed E-state index contributed by atoms with van der Waals surface area (Å²) in [7, 11) is 1.52. The molecule has 0 saturated carbocycles. The molecule has 0 spiro atoms. The molecule has 5 nitrogen and oxygen atoms in total. The molecule has 0 aliphatic carbocycles. The second-order valence-corrected chi connectivity index (χ2v) is 7.28. The first-order valence-electron chi connectivity index (χ1n) is 8.85. The third-order valence-electron chi connectivity index (χ3n) is 4.03. The van der Waals surface area contributed by atoms with Crippen molar-refractivity contribution >= 4 is 23.4 Å². The van der Waals surface area contributed by atoms with Gasteiger partial charge >= 0.3 is 6.18 Å². The molecular formula is C21H18F3N3O2S. The lowest BCUT2D eigenvalue weighted by molar-refractivity contribution is -0.137. The monoisotopic (exact) mass is 433 g/mol. The Bertz CT molecular complexity index is 1040. The number of hydrogen-bond donors (Lipinski definition) is 1. The zero-order chi connectivity index (χ0) is 21.7. The number of aromatic nitrogens is 2. The van der Waals surface area contributed by atoms with Crippen LogP contribution in [-0.2, 0) is 11.0 Å². The van der Waals surface area contributed by atoms with Crippen LogP contribution in [0.4, 0.5) is 18.9 Å². The fraction of sp³-hybridized carbons (Fsp3) is 0.190. The smallest absolute Gasteiger partial charge is 0.416 e. The Balaban J connectivity index is 1.70. The Kier molecular flexibility index (Phi) is 6.61. The number of halogens is 3. The molecule has 3 rings (SSSR count). The molecular weight excluding hydrogens is 415 g/mol. The van der Waals surface area contributed by atoms with Gasteiger partial charge in [-0.3, -0.25) is 4.79 Å². The first kappa shape index (κ1) is 21.6. The summed E-state index contributed by atoms with van der Waals surface area (Å²) in [5.74, 6) is 0.715. The molecule has 0 atom stereocenters. The summed E-state index contributed by atoms with van der Waals surface area (Å²) in [5, 5.41) is 3.33. The van der Waals surface area contributed by atoms with Crippen molar-refractivity contribution in [2.75, 3.05) is 18.2 Å². The van der Waals surface area contributed by atoms with Crippen molar-refractivity contribution in [3.63, 3.8) is 0 Å². The van der Waals surface area contributed by atoms with Gasteiger partial charge in [-0.05, 0) is 37.3 Å². The first-order chi connectivity index (χ1) is 14.3. The molecule has 1 aromatic heterocycles. The van der Waals surface area contributed by atoms with Crippen LogP contribution in [0.15, 0.2) is 59.6 Å². The quantitative estimate of drug-likeness (QED) is 0.427. The Hall–Kier alpha value is -3.07. The second kappa shape index (κ2) is 9.17. The minimum Gasteiger partial charge on any atom is -0.495 e.